The molecule has 1 aromatic heterocycles. The summed E-state index contributed by atoms with van der Waals surface area (Å²) in [5, 5.41) is 0. The average Bonchev–Trinajstić information content (AvgIpc) is 2.82. The smallest absolute Gasteiger partial charge is 0.297 e. The maximum Gasteiger partial charge on any atom is 0.297 e. The SMILES string of the molecule is CCn1c(OCc2ccccc2)nc2cc(Br)ccc21. The third kappa shape index (κ3) is 2.56. The van der Waals surface area contributed by atoms with Crippen molar-refractivity contribution in [1.29, 1.82) is 0 Å². The lowest BCUT2D eigenvalue weighted by Crippen LogP contribution is -2.03. The van der Waals surface area contributed by atoms with E-state index in [1.165, 1.54) is 0 Å². The second-order valence-corrected chi connectivity index (χ2v) is 5.46. The summed E-state index contributed by atoms with van der Waals surface area (Å²) in [6.07, 6.45) is 0. The van der Waals surface area contributed by atoms with Crippen LogP contribution in [0, 0.1) is 0 Å². The number of halogens is 1. The highest BCUT2D eigenvalue weighted by Gasteiger charge is 2.11. The van der Waals surface area contributed by atoms with Gasteiger partial charge in [0, 0.05) is 11.0 Å². The maximum atomic E-state index is 5.88. The van der Waals surface area contributed by atoms with Crippen molar-refractivity contribution < 1.29 is 4.74 Å². The quantitative estimate of drug-likeness (QED) is 0.709. The van der Waals surface area contributed by atoms with Gasteiger partial charge in [-0.25, -0.2) is 0 Å². The van der Waals surface area contributed by atoms with E-state index in [-0.39, 0.29) is 0 Å². The molecule has 3 aromatic rings. The van der Waals surface area contributed by atoms with Gasteiger partial charge in [-0.15, -0.1) is 0 Å². The fraction of sp³-hybridized carbons (Fsp3) is 0.188. The molecule has 0 saturated heterocycles. The van der Waals surface area contributed by atoms with Crippen LogP contribution in [0.2, 0.25) is 0 Å². The predicted molar refractivity (Wildman–Crippen MR) is 83.9 cm³/mol. The first-order chi connectivity index (χ1) is 9.78. The Morgan fingerprint density at radius 2 is 1.95 bits per heavy atom. The molecule has 0 amide bonds. The van der Waals surface area contributed by atoms with Gasteiger partial charge in [0.1, 0.15) is 6.61 Å². The van der Waals surface area contributed by atoms with E-state index in [1.54, 1.807) is 0 Å². The molecular formula is C16H15BrN2O. The lowest BCUT2D eigenvalue weighted by Gasteiger charge is -2.07. The summed E-state index contributed by atoms with van der Waals surface area (Å²) in [4.78, 5) is 4.57. The molecule has 0 aliphatic rings. The highest BCUT2D eigenvalue weighted by molar-refractivity contribution is 9.10. The molecule has 4 heteroatoms. The largest absolute Gasteiger partial charge is 0.460 e. The van der Waals surface area contributed by atoms with Crippen LogP contribution >= 0.6 is 15.9 Å². The normalized spacial score (nSPS) is 10.9. The van der Waals surface area contributed by atoms with Gasteiger partial charge in [-0.2, -0.15) is 4.98 Å². The number of nitrogens with zero attached hydrogens (tertiary/aromatic N) is 2. The average molecular weight is 331 g/mol. The van der Waals surface area contributed by atoms with Crippen molar-refractivity contribution in [2.75, 3.05) is 0 Å². The van der Waals surface area contributed by atoms with E-state index in [2.05, 4.69) is 50.6 Å². The first kappa shape index (κ1) is 13.2. The number of rotatable bonds is 4. The van der Waals surface area contributed by atoms with Gasteiger partial charge in [-0.3, -0.25) is 4.57 Å². The van der Waals surface area contributed by atoms with Crippen molar-refractivity contribution in [3.05, 3.63) is 58.6 Å². The minimum Gasteiger partial charge on any atom is -0.460 e. The molecule has 0 aliphatic carbocycles. The van der Waals surface area contributed by atoms with Crippen molar-refractivity contribution in [2.45, 2.75) is 20.1 Å². The molecule has 0 aliphatic heterocycles. The molecule has 0 unspecified atom stereocenters. The molecule has 0 bridgehead atoms. The van der Waals surface area contributed by atoms with Crippen LogP contribution in [0.25, 0.3) is 11.0 Å². The Kier molecular flexibility index (Phi) is 3.74. The highest BCUT2D eigenvalue weighted by Crippen LogP contribution is 2.25. The third-order valence-electron chi connectivity index (χ3n) is 3.20. The number of aromatic nitrogens is 2. The van der Waals surface area contributed by atoms with Gasteiger partial charge < -0.3 is 4.74 Å². The molecule has 0 fully saturated rings. The van der Waals surface area contributed by atoms with Crippen LogP contribution in [0.5, 0.6) is 6.01 Å². The Labute approximate surface area is 126 Å². The molecular weight excluding hydrogens is 316 g/mol. The number of hydrogen-bond donors (Lipinski definition) is 0. The van der Waals surface area contributed by atoms with E-state index >= 15 is 0 Å². The minimum atomic E-state index is 0.533. The van der Waals surface area contributed by atoms with Gasteiger partial charge in [0.25, 0.3) is 6.01 Å². The van der Waals surface area contributed by atoms with Crippen LogP contribution in [0.15, 0.2) is 53.0 Å². The van der Waals surface area contributed by atoms with E-state index in [9.17, 15) is 0 Å². The number of ether oxygens (including phenoxy) is 1. The van der Waals surface area contributed by atoms with Gasteiger partial charge in [0.05, 0.1) is 11.0 Å². The van der Waals surface area contributed by atoms with Crippen LogP contribution < -0.4 is 4.74 Å². The molecule has 0 saturated carbocycles. The van der Waals surface area contributed by atoms with Gasteiger partial charge in [-0.05, 0) is 30.7 Å². The summed E-state index contributed by atoms with van der Waals surface area (Å²) >= 11 is 3.47. The Balaban J connectivity index is 1.91. The minimum absolute atomic E-state index is 0.533. The fourth-order valence-electron chi connectivity index (χ4n) is 2.22. The lowest BCUT2D eigenvalue weighted by molar-refractivity contribution is 0.269. The third-order valence-corrected chi connectivity index (χ3v) is 3.70. The molecule has 0 N–H and O–H groups in total. The summed E-state index contributed by atoms with van der Waals surface area (Å²) < 4.78 is 8.99. The monoisotopic (exact) mass is 330 g/mol. The molecule has 2 aromatic carbocycles. The number of imidazole rings is 1. The van der Waals surface area contributed by atoms with Crippen molar-refractivity contribution in [2.24, 2.45) is 0 Å². The zero-order valence-corrected chi connectivity index (χ0v) is 12.8. The van der Waals surface area contributed by atoms with Gasteiger partial charge in [-0.1, -0.05) is 46.3 Å². The summed E-state index contributed by atoms with van der Waals surface area (Å²) in [6.45, 7) is 3.46. The molecule has 0 spiro atoms. The summed E-state index contributed by atoms with van der Waals surface area (Å²) in [7, 11) is 0. The molecule has 3 rings (SSSR count). The van der Waals surface area contributed by atoms with E-state index in [0.29, 0.717) is 12.6 Å². The van der Waals surface area contributed by atoms with Crippen LogP contribution in [0.1, 0.15) is 12.5 Å². The zero-order valence-electron chi connectivity index (χ0n) is 11.2. The van der Waals surface area contributed by atoms with Crippen LogP contribution in [-0.2, 0) is 13.2 Å². The van der Waals surface area contributed by atoms with Crippen molar-refractivity contribution in [3.63, 3.8) is 0 Å². The summed E-state index contributed by atoms with van der Waals surface area (Å²) in [6, 6.07) is 16.9. The molecule has 0 radical (unpaired) electrons. The standard InChI is InChI=1S/C16H15BrN2O/c1-2-19-15-9-8-13(17)10-14(15)18-16(19)20-11-12-6-4-3-5-7-12/h3-10H,2,11H2,1H3. The van der Waals surface area contributed by atoms with Crippen molar-refractivity contribution >= 4 is 27.0 Å². The second kappa shape index (κ2) is 5.67. The number of hydrogen-bond acceptors (Lipinski definition) is 2. The Morgan fingerprint density at radius 3 is 2.70 bits per heavy atom. The number of benzene rings is 2. The van der Waals surface area contributed by atoms with Crippen LogP contribution in [0.4, 0.5) is 0 Å². The topological polar surface area (TPSA) is 27.1 Å². The fourth-order valence-corrected chi connectivity index (χ4v) is 2.57. The first-order valence-corrected chi connectivity index (χ1v) is 7.39. The molecule has 20 heavy (non-hydrogen) atoms. The zero-order chi connectivity index (χ0) is 13.9. The van der Waals surface area contributed by atoms with Crippen molar-refractivity contribution in [1.82, 2.24) is 9.55 Å². The van der Waals surface area contributed by atoms with Crippen LogP contribution in [0.3, 0.4) is 0 Å². The van der Waals surface area contributed by atoms with E-state index < -0.39 is 0 Å². The van der Waals surface area contributed by atoms with E-state index in [1.807, 2.05) is 30.3 Å². The molecule has 3 nitrogen and oxygen atoms in total. The van der Waals surface area contributed by atoms with E-state index in [4.69, 9.17) is 4.74 Å². The Hall–Kier alpha value is -1.81. The lowest BCUT2D eigenvalue weighted by atomic mass is 10.2. The highest BCUT2D eigenvalue weighted by atomic mass is 79.9. The predicted octanol–water partition coefficient (Wildman–Crippen LogP) is 4.40. The van der Waals surface area contributed by atoms with Gasteiger partial charge >= 0.3 is 0 Å². The Morgan fingerprint density at radius 1 is 1.15 bits per heavy atom. The van der Waals surface area contributed by atoms with Crippen molar-refractivity contribution in [3.8, 4) is 6.01 Å². The number of aryl methyl sites for hydroxylation is 1. The van der Waals surface area contributed by atoms with Gasteiger partial charge in [0.2, 0.25) is 0 Å². The van der Waals surface area contributed by atoms with E-state index in [0.717, 1.165) is 27.6 Å². The molecule has 0 atom stereocenters. The summed E-state index contributed by atoms with van der Waals surface area (Å²) in [5.41, 5.74) is 3.19. The first-order valence-electron chi connectivity index (χ1n) is 6.60. The molecule has 102 valence electrons. The van der Waals surface area contributed by atoms with Gasteiger partial charge in [0.15, 0.2) is 0 Å². The molecule has 1 heterocycles. The second-order valence-electron chi connectivity index (χ2n) is 4.55. The maximum absolute atomic E-state index is 5.88. The van der Waals surface area contributed by atoms with Crippen LogP contribution in [-0.4, -0.2) is 9.55 Å². The number of fused-ring (bicyclic) bond motifs is 1. The Bertz CT molecular complexity index is 722. The summed E-state index contributed by atoms with van der Waals surface area (Å²) in [5.74, 6) is 0.